The zero-order chi connectivity index (χ0) is 20.4. The Labute approximate surface area is 170 Å². The van der Waals surface area contributed by atoms with Crippen molar-refractivity contribution in [3.05, 3.63) is 29.8 Å². The minimum Gasteiger partial charge on any atom is -0.497 e. The zero-order valence-corrected chi connectivity index (χ0v) is 18.0. The number of nitrogens with zero attached hydrogens (tertiary/aromatic N) is 2. The van der Waals surface area contributed by atoms with Gasteiger partial charge in [0.05, 0.1) is 25.3 Å². The topological polar surface area (TPSA) is 69.1 Å². The first-order valence-corrected chi connectivity index (χ1v) is 10.7. The second-order valence-corrected chi connectivity index (χ2v) is 7.54. The summed E-state index contributed by atoms with van der Waals surface area (Å²) in [4.78, 5) is 7.19. The van der Waals surface area contributed by atoms with Crippen LogP contribution in [0.2, 0.25) is 0 Å². The molecule has 3 N–H and O–H groups in total. The van der Waals surface area contributed by atoms with Crippen molar-refractivity contribution in [2.45, 2.75) is 58.1 Å². The first kappa shape index (κ1) is 22.5. The molecule has 28 heavy (non-hydrogen) atoms. The first-order valence-electron chi connectivity index (χ1n) is 10.7. The van der Waals surface area contributed by atoms with E-state index in [2.05, 4.69) is 39.6 Å². The summed E-state index contributed by atoms with van der Waals surface area (Å²) in [6.07, 6.45) is 3.91. The summed E-state index contributed by atoms with van der Waals surface area (Å²) >= 11 is 0. The van der Waals surface area contributed by atoms with E-state index in [1.165, 1.54) is 18.4 Å². The molecular weight excluding hydrogens is 352 g/mol. The van der Waals surface area contributed by atoms with Gasteiger partial charge in [0.15, 0.2) is 5.96 Å². The third-order valence-electron chi connectivity index (χ3n) is 5.74. The lowest BCUT2D eigenvalue weighted by Crippen LogP contribution is -2.43. The van der Waals surface area contributed by atoms with E-state index < -0.39 is 5.60 Å². The van der Waals surface area contributed by atoms with Gasteiger partial charge in [-0.05, 0) is 63.4 Å². The molecule has 1 aliphatic rings. The van der Waals surface area contributed by atoms with E-state index in [1.54, 1.807) is 7.11 Å². The Kier molecular flexibility index (Phi) is 9.06. The van der Waals surface area contributed by atoms with E-state index in [-0.39, 0.29) is 6.04 Å². The van der Waals surface area contributed by atoms with Crippen LogP contribution < -0.4 is 15.4 Å². The molecular formula is C22H38N4O2. The number of hydrogen-bond acceptors (Lipinski definition) is 4. The average molecular weight is 391 g/mol. The minimum absolute atomic E-state index is 0.286. The molecule has 6 heteroatoms. The van der Waals surface area contributed by atoms with Gasteiger partial charge >= 0.3 is 0 Å². The van der Waals surface area contributed by atoms with Crippen LogP contribution >= 0.6 is 0 Å². The quantitative estimate of drug-likeness (QED) is 0.423. The molecule has 0 amide bonds. The van der Waals surface area contributed by atoms with E-state index in [1.807, 2.05) is 26.0 Å². The molecule has 1 heterocycles. The highest BCUT2D eigenvalue weighted by atomic mass is 16.5. The molecule has 0 aromatic heterocycles. The van der Waals surface area contributed by atoms with Crippen molar-refractivity contribution in [2.24, 2.45) is 4.99 Å². The molecule has 0 spiro atoms. The van der Waals surface area contributed by atoms with Gasteiger partial charge < -0.3 is 20.5 Å². The Morgan fingerprint density at radius 2 is 1.79 bits per heavy atom. The van der Waals surface area contributed by atoms with Crippen LogP contribution in [0.25, 0.3) is 0 Å². The second kappa shape index (κ2) is 11.3. The summed E-state index contributed by atoms with van der Waals surface area (Å²) in [5.74, 6) is 1.64. The molecule has 0 saturated carbocycles. The predicted molar refractivity (Wildman–Crippen MR) is 116 cm³/mol. The summed E-state index contributed by atoms with van der Waals surface area (Å²) in [6, 6.07) is 8.65. The van der Waals surface area contributed by atoms with E-state index >= 15 is 0 Å². The Hall–Kier alpha value is -1.79. The Morgan fingerprint density at radius 3 is 2.32 bits per heavy atom. The van der Waals surface area contributed by atoms with Crippen LogP contribution in [0, 0.1) is 0 Å². The molecule has 158 valence electrons. The molecule has 1 atom stereocenters. The second-order valence-electron chi connectivity index (χ2n) is 7.54. The van der Waals surface area contributed by atoms with Gasteiger partial charge in [0.25, 0.3) is 0 Å². The van der Waals surface area contributed by atoms with Gasteiger partial charge in [0.2, 0.25) is 0 Å². The number of guanidine groups is 1. The average Bonchev–Trinajstić information content (AvgIpc) is 3.26. The van der Waals surface area contributed by atoms with Gasteiger partial charge in [0.1, 0.15) is 5.75 Å². The van der Waals surface area contributed by atoms with Crippen LogP contribution in [-0.4, -0.2) is 61.4 Å². The summed E-state index contributed by atoms with van der Waals surface area (Å²) < 4.78 is 5.31. The smallest absolute Gasteiger partial charge is 0.191 e. The van der Waals surface area contributed by atoms with Crippen molar-refractivity contribution in [2.75, 3.05) is 39.8 Å². The predicted octanol–water partition coefficient (Wildman–Crippen LogP) is 2.94. The number of ether oxygens (including phenoxy) is 1. The maximum atomic E-state index is 10.5. The Morgan fingerprint density at radius 1 is 1.14 bits per heavy atom. The molecule has 0 aliphatic carbocycles. The SMILES string of the molecule is CCNC(=NCC(O)(CC)CC)NCC(c1ccc(OC)cc1)N1CCCC1. The number of nitrogens with one attached hydrogen (secondary N) is 2. The molecule has 6 nitrogen and oxygen atoms in total. The normalized spacial score (nSPS) is 16.8. The van der Waals surface area contributed by atoms with Crippen LogP contribution in [0.5, 0.6) is 5.75 Å². The largest absolute Gasteiger partial charge is 0.497 e. The zero-order valence-electron chi connectivity index (χ0n) is 18.0. The maximum absolute atomic E-state index is 10.5. The van der Waals surface area contributed by atoms with Crippen LogP contribution in [0.4, 0.5) is 0 Å². The summed E-state index contributed by atoms with van der Waals surface area (Å²) in [5.41, 5.74) is 0.553. The molecule has 1 fully saturated rings. The molecule has 1 aliphatic heterocycles. The van der Waals surface area contributed by atoms with Gasteiger partial charge in [-0.15, -0.1) is 0 Å². The van der Waals surface area contributed by atoms with Crippen LogP contribution in [-0.2, 0) is 0 Å². The van der Waals surface area contributed by atoms with E-state index in [4.69, 9.17) is 4.74 Å². The summed E-state index contributed by atoms with van der Waals surface area (Å²) in [6.45, 7) is 10.3. The van der Waals surface area contributed by atoms with Crippen molar-refractivity contribution in [1.82, 2.24) is 15.5 Å². The van der Waals surface area contributed by atoms with Crippen LogP contribution in [0.1, 0.15) is 58.1 Å². The lowest BCUT2D eigenvalue weighted by molar-refractivity contribution is 0.0418. The molecule has 2 rings (SSSR count). The standard InChI is InChI=1S/C22H38N4O2/c1-5-22(27,6-2)17-25-21(23-7-3)24-16-20(26-14-8-9-15-26)18-10-12-19(28-4)13-11-18/h10-13,20,27H,5-9,14-17H2,1-4H3,(H2,23,24,25). The molecule has 1 saturated heterocycles. The van der Waals surface area contributed by atoms with Crippen molar-refractivity contribution in [3.8, 4) is 5.75 Å². The van der Waals surface area contributed by atoms with E-state index in [0.717, 1.165) is 37.9 Å². The van der Waals surface area contributed by atoms with Crippen LogP contribution in [0.3, 0.4) is 0 Å². The number of aliphatic imine (C=N–C) groups is 1. The third-order valence-corrected chi connectivity index (χ3v) is 5.74. The van der Waals surface area contributed by atoms with Crippen molar-refractivity contribution in [3.63, 3.8) is 0 Å². The fourth-order valence-electron chi connectivity index (χ4n) is 3.57. The summed E-state index contributed by atoms with van der Waals surface area (Å²) in [5, 5.41) is 17.3. The van der Waals surface area contributed by atoms with Crippen molar-refractivity contribution < 1.29 is 9.84 Å². The Bertz CT molecular complexity index is 593. The first-order chi connectivity index (χ1) is 13.5. The lowest BCUT2D eigenvalue weighted by atomic mass is 9.98. The maximum Gasteiger partial charge on any atom is 0.191 e. The molecule has 1 aromatic carbocycles. The molecule has 0 bridgehead atoms. The van der Waals surface area contributed by atoms with Gasteiger partial charge in [-0.1, -0.05) is 26.0 Å². The van der Waals surface area contributed by atoms with Crippen molar-refractivity contribution in [1.29, 1.82) is 0 Å². The highest BCUT2D eigenvalue weighted by Crippen LogP contribution is 2.26. The lowest BCUT2D eigenvalue weighted by Gasteiger charge is -2.29. The monoisotopic (exact) mass is 390 g/mol. The number of hydrogen-bond donors (Lipinski definition) is 3. The number of aliphatic hydroxyl groups is 1. The highest BCUT2D eigenvalue weighted by molar-refractivity contribution is 5.79. The summed E-state index contributed by atoms with van der Waals surface area (Å²) in [7, 11) is 1.70. The minimum atomic E-state index is -0.729. The molecule has 1 aromatic rings. The highest BCUT2D eigenvalue weighted by Gasteiger charge is 2.25. The van der Waals surface area contributed by atoms with E-state index in [9.17, 15) is 5.11 Å². The molecule has 0 radical (unpaired) electrons. The van der Waals surface area contributed by atoms with Gasteiger partial charge in [-0.25, -0.2) is 0 Å². The van der Waals surface area contributed by atoms with Gasteiger partial charge in [0, 0.05) is 13.1 Å². The van der Waals surface area contributed by atoms with E-state index in [0.29, 0.717) is 19.4 Å². The fraction of sp³-hybridized carbons (Fsp3) is 0.682. The van der Waals surface area contributed by atoms with Crippen LogP contribution in [0.15, 0.2) is 29.3 Å². The van der Waals surface area contributed by atoms with Crippen molar-refractivity contribution >= 4 is 5.96 Å². The number of benzene rings is 1. The third kappa shape index (κ3) is 6.38. The van der Waals surface area contributed by atoms with Gasteiger partial charge in [-0.2, -0.15) is 0 Å². The number of rotatable bonds is 10. The van der Waals surface area contributed by atoms with Gasteiger partial charge in [-0.3, -0.25) is 9.89 Å². The Balaban J connectivity index is 2.10. The number of likely N-dealkylation sites (tertiary alicyclic amines) is 1. The molecule has 1 unspecified atom stereocenters. The fourth-order valence-corrected chi connectivity index (χ4v) is 3.57. The number of methoxy groups -OCH3 is 1.